The zero-order chi connectivity index (χ0) is 38.1. The number of hydrogen-bond acceptors (Lipinski definition) is 6. The van der Waals surface area contributed by atoms with Gasteiger partial charge in [0.1, 0.15) is 11.5 Å². The molecule has 4 amide bonds. The Balaban J connectivity index is 2.04. The lowest BCUT2D eigenvalue weighted by Gasteiger charge is -2.23. The number of amides is 4. The number of nitrogens with one attached hydrogen (secondary N) is 4. The molecule has 10 heteroatoms. The Kier molecular flexibility index (Phi) is 21.9. The molecular weight excluding hydrogens is 656 g/mol. The molecule has 6 N–H and O–H groups in total. The van der Waals surface area contributed by atoms with Crippen LogP contribution in [0.5, 0.6) is 11.5 Å². The van der Waals surface area contributed by atoms with Gasteiger partial charge >= 0.3 is 0 Å². The fourth-order valence-corrected chi connectivity index (χ4v) is 6.73. The van der Waals surface area contributed by atoms with Crippen LogP contribution in [-0.2, 0) is 22.4 Å². The molecule has 10 nitrogen and oxygen atoms in total. The van der Waals surface area contributed by atoms with Gasteiger partial charge in [0.15, 0.2) is 0 Å². The Bertz CT molecular complexity index is 1380. The number of aryl methyl sites for hydroxylation is 2. The third kappa shape index (κ3) is 15.7. The van der Waals surface area contributed by atoms with Gasteiger partial charge in [0, 0.05) is 11.8 Å². The molecule has 0 bridgehead atoms. The summed E-state index contributed by atoms with van der Waals surface area (Å²) >= 11 is 0. The van der Waals surface area contributed by atoms with Crippen molar-refractivity contribution in [3.05, 3.63) is 58.7 Å². The van der Waals surface area contributed by atoms with Crippen LogP contribution in [0, 0.1) is 11.8 Å². The first kappa shape index (κ1) is 44.1. The van der Waals surface area contributed by atoms with Crippen LogP contribution in [0.2, 0.25) is 0 Å². The first-order valence-electron chi connectivity index (χ1n) is 20.0. The van der Waals surface area contributed by atoms with Gasteiger partial charge in [-0.15, -0.1) is 0 Å². The molecule has 0 aliphatic heterocycles. The van der Waals surface area contributed by atoms with Crippen LogP contribution in [0.1, 0.15) is 175 Å². The normalized spacial score (nSPS) is 12.2. The van der Waals surface area contributed by atoms with Gasteiger partial charge in [0.25, 0.3) is 11.8 Å². The molecule has 2 atom stereocenters. The monoisotopic (exact) mass is 722 g/mol. The number of benzene rings is 2. The van der Waals surface area contributed by atoms with Gasteiger partial charge in [0.2, 0.25) is 11.8 Å². The van der Waals surface area contributed by atoms with Crippen molar-refractivity contribution in [2.24, 2.45) is 11.8 Å². The van der Waals surface area contributed by atoms with Gasteiger partial charge in [-0.25, -0.2) is 0 Å². The summed E-state index contributed by atoms with van der Waals surface area (Å²) in [5, 5.41) is 21.1. The van der Waals surface area contributed by atoms with Crippen molar-refractivity contribution in [3.63, 3.8) is 0 Å². The highest BCUT2D eigenvalue weighted by molar-refractivity contribution is 6.00. The van der Waals surface area contributed by atoms with Crippen LogP contribution < -0.4 is 21.7 Å². The van der Waals surface area contributed by atoms with E-state index in [0.717, 1.165) is 62.5 Å². The predicted molar refractivity (Wildman–Crippen MR) is 208 cm³/mol. The number of hydrazine groups is 2. The first-order valence-corrected chi connectivity index (χ1v) is 20.0. The van der Waals surface area contributed by atoms with Gasteiger partial charge in [-0.2, -0.15) is 0 Å². The number of phenolic OH excluding ortho intramolecular Hbond substituents is 2. The van der Waals surface area contributed by atoms with Crippen LogP contribution in [0.4, 0.5) is 0 Å². The molecule has 0 fully saturated rings. The quantitative estimate of drug-likeness (QED) is 0.0445. The molecular formula is C42H66N4O6. The number of unbranched alkanes of at least 4 members (excludes halogenated alkanes) is 11. The fraction of sp³-hybridized carbons (Fsp3) is 0.619. The second-order valence-electron chi connectivity index (χ2n) is 14.1. The topological polar surface area (TPSA) is 157 Å². The maximum atomic E-state index is 13.5. The Morgan fingerprint density at radius 2 is 0.904 bits per heavy atom. The molecule has 0 radical (unpaired) electrons. The zero-order valence-electron chi connectivity index (χ0n) is 32.3. The largest absolute Gasteiger partial charge is 0.507 e. The Morgan fingerprint density at radius 3 is 1.33 bits per heavy atom. The minimum absolute atomic E-state index is 0.141. The Morgan fingerprint density at radius 1 is 0.500 bits per heavy atom. The summed E-state index contributed by atoms with van der Waals surface area (Å²) in [6, 6.07) is 10.0. The van der Waals surface area contributed by atoms with Crippen LogP contribution in [0.25, 0.3) is 0 Å². The van der Waals surface area contributed by atoms with Crippen LogP contribution in [0.15, 0.2) is 36.4 Å². The van der Waals surface area contributed by atoms with E-state index in [-0.39, 0.29) is 29.0 Å². The minimum Gasteiger partial charge on any atom is -0.507 e. The lowest BCUT2D eigenvalue weighted by molar-refractivity contribution is -0.129. The van der Waals surface area contributed by atoms with E-state index in [2.05, 4.69) is 35.6 Å². The summed E-state index contributed by atoms with van der Waals surface area (Å²) in [7, 11) is 0. The maximum Gasteiger partial charge on any atom is 0.273 e. The smallest absolute Gasteiger partial charge is 0.273 e. The van der Waals surface area contributed by atoms with E-state index in [1.165, 1.54) is 50.7 Å². The van der Waals surface area contributed by atoms with Gasteiger partial charge in [-0.05, 0) is 68.2 Å². The summed E-state index contributed by atoms with van der Waals surface area (Å²) < 4.78 is 0. The molecule has 0 aromatic heterocycles. The van der Waals surface area contributed by atoms with Crippen molar-refractivity contribution in [3.8, 4) is 11.5 Å². The molecule has 0 heterocycles. The number of hydrogen-bond donors (Lipinski definition) is 6. The average Bonchev–Trinajstić information content (AvgIpc) is 3.13. The summed E-state index contributed by atoms with van der Waals surface area (Å²) in [5.74, 6) is -3.46. The van der Waals surface area contributed by atoms with Crippen molar-refractivity contribution in [2.75, 3.05) is 0 Å². The Labute approximate surface area is 312 Å². The third-order valence-electron chi connectivity index (χ3n) is 9.76. The lowest BCUT2D eigenvalue weighted by Crippen LogP contribution is -2.47. The summed E-state index contributed by atoms with van der Waals surface area (Å²) in [4.78, 5) is 53.4. The fourth-order valence-electron chi connectivity index (χ4n) is 6.73. The highest BCUT2D eigenvalue weighted by atomic mass is 16.3. The highest BCUT2D eigenvalue weighted by Gasteiger charge is 2.28. The molecule has 2 aromatic rings. The number of phenols is 2. The molecule has 290 valence electrons. The molecule has 0 aliphatic rings. The third-order valence-corrected chi connectivity index (χ3v) is 9.76. The van der Waals surface area contributed by atoms with Gasteiger partial charge < -0.3 is 10.2 Å². The van der Waals surface area contributed by atoms with E-state index in [1.54, 1.807) is 12.1 Å². The van der Waals surface area contributed by atoms with Gasteiger partial charge in [-0.1, -0.05) is 135 Å². The number of rotatable bonds is 25. The summed E-state index contributed by atoms with van der Waals surface area (Å²) in [6.07, 6.45) is 18.0. The number of carbonyl (C=O) groups excluding carboxylic acids is 4. The highest BCUT2D eigenvalue weighted by Crippen LogP contribution is 2.26. The van der Waals surface area contributed by atoms with Crippen molar-refractivity contribution in [1.29, 1.82) is 0 Å². The van der Waals surface area contributed by atoms with Crippen LogP contribution in [0.3, 0.4) is 0 Å². The molecule has 0 aliphatic carbocycles. The van der Waals surface area contributed by atoms with Crippen molar-refractivity contribution >= 4 is 23.6 Å². The SMILES string of the molecule is CCCCCCCCc1cccc(O)c1C(=O)NNC(=O)C(CCC)CC(CCCC)C(=O)NNC(=O)c1c(O)cccc1CCCCCCCC. The van der Waals surface area contributed by atoms with E-state index in [0.29, 0.717) is 32.1 Å². The maximum absolute atomic E-state index is 13.5. The van der Waals surface area contributed by atoms with E-state index >= 15 is 0 Å². The minimum atomic E-state index is -0.592. The Hall–Kier alpha value is -4.08. The molecule has 0 saturated heterocycles. The predicted octanol–water partition coefficient (Wildman–Crippen LogP) is 8.74. The van der Waals surface area contributed by atoms with E-state index in [4.69, 9.17) is 0 Å². The molecule has 0 saturated carbocycles. The summed E-state index contributed by atoms with van der Waals surface area (Å²) in [6.45, 7) is 8.32. The van der Waals surface area contributed by atoms with Crippen LogP contribution >= 0.6 is 0 Å². The molecule has 2 unspecified atom stereocenters. The van der Waals surface area contributed by atoms with Crippen LogP contribution in [-0.4, -0.2) is 33.8 Å². The van der Waals surface area contributed by atoms with Crippen molar-refractivity contribution < 1.29 is 29.4 Å². The molecule has 2 rings (SSSR count). The van der Waals surface area contributed by atoms with Gasteiger partial charge in [0.05, 0.1) is 11.1 Å². The number of aromatic hydroxyl groups is 2. The number of carbonyl (C=O) groups is 4. The van der Waals surface area contributed by atoms with E-state index < -0.39 is 35.5 Å². The van der Waals surface area contributed by atoms with Crippen molar-refractivity contribution in [2.45, 2.75) is 156 Å². The summed E-state index contributed by atoms with van der Waals surface area (Å²) in [5.41, 5.74) is 11.9. The average molecular weight is 723 g/mol. The molecule has 0 spiro atoms. The molecule has 2 aromatic carbocycles. The lowest BCUT2D eigenvalue weighted by atomic mass is 9.87. The van der Waals surface area contributed by atoms with Gasteiger partial charge in [-0.3, -0.25) is 40.9 Å². The second kappa shape index (κ2) is 25.8. The second-order valence-corrected chi connectivity index (χ2v) is 14.1. The standard InChI is InChI=1S/C42H66N4O6/c1-5-9-12-14-16-18-24-31-26-20-28-35(47)37(31)41(51)45-43-39(49)33(22-8-4)30-34(23-11-7-3)40(50)44-46-42(52)38-32(27-21-29-36(38)48)25-19-17-15-13-10-6-2/h20-21,26-29,33-34,47-48H,5-19,22-25,30H2,1-4H3,(H,43,49)(H,44,50)(H,45,51)(H,46,52). The van der Waals surface area contributed by atoms with E-state index in [1.807, 2.05) is 26.0 Å². The van der Waals surface area contributed by atoms with Crippen molar-refractivity contribution in [1.82, 2.24) is 21.7 Å². The zero-order valence-corrected chi connectivity index (χ0v) is 32.3. The van der Waals surface area contributed by atoms with E-state index in [9.17, 15) is 29.4 Å². The molecule has 52 heavy (non-hydrogen) atoms. The first-order chi connectivity index (χ1) is 25.2.